The van der Waals surface area contributed by atoms with Gasteiger partial charge in [-0.3, -0.25) is 9.48 Å². The van der Waals surface area contributed by atoms with Crippen molar-refractivity contribution in [1.29, 1.82) is 0 Å². The summed E-state index contributed by atoms with van der Waals surface area (Å²) in [6, 6.07) is 0.760. The first-order chi connectivity index (χ1) is 8.36. The first-order valence-corrected chi connectivity index (χ1v) is 5.95. The summed E-state index contributed by atoms with van der Waals surface area (Å²) in [5.41, 5.74) is 1.13. The number of hydrogen-bond acceptors (Lipinski definition) is 3. The summed E-state index contributed by atoms with van der Waals surface area (Å²) in [6.45, 7) is 7.74. The van der Waals surface area contributed by atoms with E-state index in [2.05, 4.69) is 10.4 Å². The van der Waals surface area contributed by atoms with E-state index in [1.807, 2.05) is 6.92 Å². The molecule has 0 aliphatic carbocycles. The molecule has 0 spiro atoms. The molecule has 0 aromatic carbocycles. The number of carboxylic acid groups (broad SMARTS) is 1. The van der Waals surface area contributed by atoms with Gasteiger partial charge in [-0.2, -0.15) is 5.10 Å². The standard InChI is InChI=1S/C12H19N3O3/c1-5-15-9(6-8(4)14-15)11(16)13-10(7(2)3)12(17)18/h6-7,10H,5H2,1-4H3,(H,13,16)(H,17,18)/t10-/m1/s1. The summed E-state index contributed by atoms with van der Waals surface area (Å²) in [4.78, 5) is 23.1. The summed E-state index contributed by atoms with van der Waals surface area (Å²) < 4.78 is 1.56. The summed E-state index contributed by atoms with van der Waals surface area (Å²) >= 11 is 0. The van der Waals surface area contributed by atoms with Gasteiger partial charge < -0.3 is 10.4 Å². The fourth-order valence-corrected chi connectivity index (χ4v) is 1.70. The molecule has 100 valence electrons. The van der Waals surface area contributed by atoms with Crippen LogP contribution in [0, 0.1) is 12.8 Å². The third-order valence-corrected chi connectivity index (χ3v) is 2.65. The minimum absolute atomic E-state index is 0.175. The molecule has 1 heterocycles. The van der Waals surface area contributed by atoms with E-state index < -0.39 is 17.9 Å². The zero-order valence-corrected chi connectivity index (χ0v) is 11.1. The molecule has 0 bridgehead atoms. The highest BCUT2D eigenvalue weighted by Gasteiger charge is 2.25. The van der Waals surface area contributed by atoms with Gasteiger partial charge in [0, 0.05) is 6.54 Å². The zero-order chi connectivity index (χ0) is 13.9. The molecule has 0 saturated heterocycles. The van der Waals surface area contributed by atoms with Crippen LogP contribution < -0.4 is 5.32 Å². The molecule has 6 heteroatoms. The van der Waals surface area contributed by atoms with Crippen LogP contribution in [-0.2, 0) is 11.3 Å². The highest BCUT2D eigenvalue weighted by atomic mass is 16.4. The van der Waals surface area contributed by atoms with E-state index in [0.29, 0.717) is 12.2 Å². The Morgan fingerprint density at radius 2 is 2.11 bits per heavy atom. The van der Waals surface area contributed by atoms with Crippen LogP contribution in [0.1, 0.15) is 37.0 Å². The number of aromatic nitrogens is 2. The van der Waals surface area contributed by atoms with Crippen LogP contribution in [0.4, 0.5) is 0 Å². The van der Waals surface area contributed by atoms with Crippen molar-refractivity contribution in [2.24, 2.45) is 5.92 Å². The Hall–Kier alpha value is -1.85. The van der Waals surface area contributed by atoms with Crippen molar-refractivity contribution >= 4 is 11.9 Å². The smallest absolute Gasteiger partial charge is 0.326 e. The zero-order valence-electron chi connectivity index (χ0n) is 11.1. The van der Waals surface area contributed by atoms with Crippen molar-refractivity contribution in [3.05, 3.63) is 17.5 Å². The van der Waals surface area contributed by atoms with Crippen LogP contribution in [0.5, 0.6) is 0 Å². The number of carbonyl (C=O) groups excluding carboxylic acids is 1. The molecule has 18 heavy (non-hydrogen) atoms. The van der Waals surface area contributed by atoms with Gasteiger partial charge in [0.15, 0.2) is 0 Å². The molecule has 1 aromatic heterocycles. The molecule has 6 nitrogen and oxygen atoms in total. The molecule has 0 fully saturated rings. The number of aliphatic carboxylic acids is 1. The van der Waals surface area contributed by atoms with Gasteiger partial charge in [-0.15, -0.1) is 0 Å². The highest BCUT2D eigenvalue weighted by molar-refractivity contribution is 5.95. The average molecular weight is 253 g/mol. The lowest BCUT2D eigenvalue weighted by molar-refractivity contribution is -0.140. The van der Waals surface area contributed by atoms with Crippen LogP contribution >= 0.6 is 0 Å². The molecular weight excluding hydrogens is 234 g/mol. The Morgan fingerprint density at radius 1 is 1.50 bits per heavy atom. The number of carboxylic acids is 1. The van der Waals surface area contributed by atoms with Gasteiger partial charge in [-0.1, -0.05) is 13.8 Å². The van der Waals surface area contributed by atoms with E-state index in [4.69, 9.17) is 5.11 Å². The largest absolute Gasteiger partial charge is 0.480 e. The Balaban J connectivity index is 2.90. The maximum Gasteiger partial charge on any atom is 0.326 e. The number of amides is 1. The fraction of sp³-hybridized carbons (Fsp3) is 0.583. The second kappa shape index (κ2) is 5.66. The van der Waals surface area contributed by atoms with Crippen LogP contribution in [-0.4, -0.2) is 32.8 Å². The second-order valence-electron chi connectivity index (χ2n) is 4.52. The van der Waals surface area contributed by atoms with Crippen molar-refractivity contribution in [1.82, 2.24) is 15.1 Å². The Labute approximate surface area is 106 Å². The number of rotatable bonds is 5. The second-order valence-corrected chi connectivity index (χ2v) is 4.52. The lowest BCUT2D eigenvalue weighted by Crippen LogP contribution is -2.44. The minimum Gasteiger partial charge on any atom is -0.480 e. The first-order valence-electron chi connectivity index (χ1n) is 5.95. The third-order valence-electron chi connectivity index (χ3n) is 2.65. The predicted octanol–water partition coefficient (Wildman–Crippen LogP) is 1.05. The number of carbonyl (C=O) groups is 2. The van der Waals surface area contributed by atoms with Crippen LogP contribution in [0.15, 0.2) is 6.07 Å². The van der Waals surface area contributed by atoms with Gasteiger partial charge in [0.1, 0.15) is 11.7 Å². The van der Waals surface area contributed by atoms with Crippen LogP contribution in [0.3, 0.4) is 0 Å². The van der Waals surface area contributed by atoms with Gasteiger partial charge in [0.2, 0.25) is 0 Å². The minimum atomic E-state index is -1.03. The average Bonchev–Trinajstić information content (AvgIpc) is 2.66. The van der Waals surface area contributed by atoms with Gasteiger partial charge in [0.25, 0.3) is 5.91 Å². The molecule has 1 aromatic rings. The van der Waals surface area contributed by atoms with Crippen molar-refractivity contribution < 1.29 is 14.7 Å². The van der Waals surface area contributed by atoms with E-state index >= 15 is 0 Å². The summed E-state index contributed by atoms with van der Waals surface area (Å²) in [5, 5.41) is 15.7. The molecule has 0 unspecified atom stereocenters. The Morgan fingerprint density at radius 3 is 2.56 bits per heavy atom. The van der Waals surface area contributed by atoms with Crippen molar-refractivity contribution in [2.75, 3.05) is 0 Å². The summed E-state index contributed by atoms with van der Waals surface area (Å²) in [7, 11) is 0. The lowest BCUT2D eigenvalue weighted by atomic mass is 10.0. The van der Waals surface area contributed by atoms with Crippen molar-refractivity contribution in [3.8, 4) is 0 Å². The molecule has 0 radical (unpaired) electrons. The first kappa shape index (κ1) is 14.2. The quantitative estimate of drug-likeness (QED) is 0.821. The van der Waals surface area contributed by atoms with Crippen molar-refractivity contribution in [3.63, 3.8) is 0 Å². The fourth-order valence-electron chi connectivity index (χ4n) is 1.70. The maximum atomic E-state index is 12.0. The normalized spacial score (nSPS) is 12.5. The van der Waals surface area contributed by atoms with E-state index in [9.17, 15) is 9.59 Å². The van der Waals surface area contributed by atoms with E-state index in [0.717, 1.165) is 5.69 Å². The Bertz CT molecular complexity index is 451. The van der Waals surface area contributed by atoms with Crippen molar-refractivity contribution in [2.45, 2.75) is 40.3 Å². The van der Waals surface area contributed by atoms with Crippen LogP contribution in [0.25, 0.3) is 0 Å². The SMILES string of the molecule is CCn1nc(C)cc1C(=O)N[C@@H](C(=O)O)C(C)C. The molecule has 0 aliphatic heterocycles. The van der Waals surface area contributed by atoms with E-state index in [1.54, 1.807) is 31.5 Å². The predicted molar refractivity (Wildman–Crippen MR) is 66.4 cm³/mol. The molecule has 0 aliphatic rings. The van der Waals surface area contributed by atoms with Gasteiger partial charge in [-0.25, -0.2) is 4.79 Å². The number of hydrogen-bond donors (Lipinski definition) is 2. The molecule has 1 amide bonds. The number of aryl methyl sites for hydroxylation is 2. The highest BCUT2D eigenvalue weighted by Crippen LogP contribution is 2.07. The Kier molecular flexibility index (Phi) is 4.47. The van der Waals surface area contributed by atoms with Gasteiger partial charge in [-0.05, 0) is 25.8 Å². The maximum absolute atomic E-state index is 12.0. The molecule has 0 saturated carbocycles. The van der Waals surface area contributed by atoms with Gasteiger partial charge >= 0.3 is 5.97 Å². The summed E-state index contributed by atoms with van der Waals surface area (Å²) in [6.07, 6.45) is 0. The summed E-state index contributed by atoms with van der Waals surface area (Å²) in [5.74, 6) is -1.61. The topological polar surface area (TPSA) is 84.2 Å². The molecule has 2 N–H and O–H groups in total. The van der Waals surface area contributed by atoms with E-state index in [-0.39, 0.29) is 5.92 Å². The van der Waals surface area contributed by atoms with Crippen LogP contribution in [0.2, 0.25) is 0 Å². The van der Waals surface area contributed by atoms with Gasteiger partial charge in [0.05, 0.1) is 5.69 Å². The monoisotopic (exact) mass is 253 g/mol. The molecule has 1 rings (SSSR count). The number of nitrogens with zero attached hydrogens (tertiary/aromatic N) is 2. The van der Waals surface area contributed by atoms with E-state index in [1.165, 1.54) is 0 Å². The third kappa shape index (κ3) is 3.09. The molecule has 1 atom stereocenters. The molecular formula is C12H19N3O3. The number of nitrogens with one attached hydrogen (secondary N) is 1. The lowest BCUT2D eigenvalue weighted by Gasteiger charge is -2.17.